The fraction of sp³-hybridized carbons (Fsp3) is 0.250. The van der Waals surface area contributed by atoms with Gasteiger partial charge >= 0.3 is 0 Å². The summed E-state index contributed by atoms with van der Waals surface area (Å²) in [5.74, 6) is -0.337. The van der Waals surface area contributed by atoms with Crippen LogP contribution in [0.3, 0.4) is 0 Å². The molecule has 0 radical (unpaired) electrons. The Hall–Kier alpha value is -3.97. The van der Waals surface area contributed by atoms with Crippen LogP contribution < -0.4 is 5.32 Å². The van der Waals surface area contributed by atoms with Crippen molar-refractivity contribution in [2.45, 2.75) is 12.5 Å². The maximum Gasteiger partial charge on any atom is 0.252 e. The highest BCUT2D eigenvalue weighted by Gasteiger charge is 2.30. The molecule has 2 aromatic carbocycles. The summed E-state index contributed by atoms with van der Waals surface area (Å²) < 4.78 is 0. The van der Waals surface area contributed by atoms with Gasteiger partial charge in [-0.2, -0.15) is 0 Å². The van der Waals surface area contributed by atoms with E-state index in [1.807, 2.05) is 71.9 Å². The molecule has 3 heterocycles. The molecule has 1 saturated heterocycles. The molecule has 0 saturated carbocycles. The number of carbonyl (C=O) groups excluding carboxylic acids is 2. The number of H-pyrrole nitrogens is 1. The third-order valence-corrected chi connectivity index (χ3v) is 6.60. The molecule has 1 atom stereocenters. The van der Waals surface area contributed by atoms with Gasteiger partial charge in [-0.25, -0.2) is 0 Å². The van der Waals surface area contributed by atoms with Gasteiger partial charge in [0.2, 0.25) is 5.91 Å². The first-order valence-electron chi connectivity index (χ1n) is 12.0. The van der Waals surface area contributed by atoms with Gasteiger partial charge in [0.05, 0.1) is 0 Å². The van der Waals surface area contributed by atoms with E-state index in [1.54, 1.807) is 12.3 Å². The number of carbonyl (C=O) groups is 2. The topological polar surface area (TPSA) is 81.3 Å². The van der Waals surface area contributed by atoms with Gasteiger partial charge < -0.3 is 15.2 Å². The maximum absolute atomic E-state index is 13.6. The van der Waals surface area contributed by atoms with Crippen LogP contribution in [0.5, 0.6) is 0 Å². The van der Waals surface area contributed by atoms with Crippen molar-refractivity contribution in [3.63, 3.8) is 0 Å². The molecular formula is C28H29N5O2. The van der Waals surface area contributed by atoms with E-state index in [2.05, 4.69) is 26.3 Å². The smallest absolute Gasteiger partial charge is 0.252 e. The molecule has 2 amide bonds. The summed E-state index contributed by atoms with van der Waals surface area (Å²) in [4.78, 5) is 38.3. The standard InChI is InChI=1S/C28H29N5O2/c34-27(24-9-8-22-10-13-30-25(22)19-24)31-26(23-6-2-1-3-7-23)28(35)33-17-15-32(16-18-33)14-11-21-5-4-12-29-20-21/h1-10,12-13,19-20,26,30H,11,14-18H2,(H,31,34)/t26-/m1/s1. The second-order valence-corrected chi connectivity index (χ2v) is 8.88. The minimum atomic E-state index is -0.731. The van der Waals surface area contributed by atoms with Gasteiger partial charge in [0.15, 0.2) is 0 Å². The Bertz CT molecular complexity index is 1280. The lowest BCUT2D eigenvalue weighted by atomic mass is 10.0. The van der Waals surface area contributed by atoms with Crippen molar-refractivity contribution in [2.75, 3.05) is 32.7 Å². The highest BCUT2D eigenvalue weighted by molar-refractivity contribution is 6.00. The van der Waals surface area contributed by atoms with Crippen LogP contribution in [0.1, 0.15) is 27.5 Å². The Kier molecular flexibility index (Phi) is 6.86. The van der Waals surface area contributed by atoms with Crippen LogP contribution in [0.2, 0.25) is 0 Å². The second kappa shape index (κ2) is 10.5. The fourth-order valence-corrected chi connectivity index (χ4v) is 4.54. The molecule has 7 heteroatoms. The van der Waals surface area contributed by atoms with E-state index >= 15 is 0 Å². The molecule has 0 spiro atoms. The lowest BCUT2D eigenvalue weighted by Gasteiger charge is -2.36. The lowest BCUT2D eigenvalue weighted by Crippen LogP contribution is -2.52. The number of fused-ring (bicyclic) bond motifs is 1. The van der Waals surface area contributed by atoms with Gasteiger partial charge in [0.25, 0.3) is 5.91 Å². The van der Waals surface area contributed by atoms with Crippen LogP contribution in [0.4, 0.5) is 0 Å². The summed E-state index contributed by atoms with van der Waals surface area (Å²) in [6.45, 7) is 3.84. The Morgan fingerprint density at radius 3 is 2.57 bits per heavy atom. The van der Waals surface area contributed by atoms with Crippen LogP contribution in [0.15, 0.2) is 85.3 Å². The number of piperazine rings is 1. The van der Waals surface area contributed by atoms with Crippen molar-refractivity contribution in [1.82, 2.24) is 25.1 Å². The molecule has 2 N–H and O–H groups in total. The Morgan fingerprint density at radius 1 is 0.971 bits per heavy atom. The Morgan fingerprint density at radius 2 is 1.80 bits per heavy atom. The van der Waals surface area contributed by atoms with E-state index in [0.717, 1.165) is 42.5 Å². The third-order valence-electron chi connectivity index (χ3n) is 6.60. The first-order chi connectivity index (χ1) is 17.2. The average Bonchev–Trinajstić information content (AvgIpc) is 3.39. The number of nitrogens with one attached hydrogen (secondary N) is 2. The van der Waals surface area contributed by atoms with Crippen LogP contribution in [0.25, 0.3) is 10.9 Å². The molecule has 178 valence electrons. The predicted octanol–water partition coefficient (Wildman–Crippen LogP) is 3.42. The molecule has 2 aromatic heterocycles. The number of hydrogen-bond donors (Lipinski definition) is 2. The molecule has 0 aliphatic carbocycles. The zero-order valence-corrected chi connectivity index (χ0v) is 19.6. The molecule has 4 aromatic rings. The molecule has 1 aliphatic rings. The average molecular weight is 468 g/mol. The summed E-state index contributed by atoms with van der Waals surface area (Å²) in [6.07, 6.45) is 6.48. The number of aromatic nitrogens is 2. The van der Waals surface area contributed by atoms with Gasteiger partial charge in [-0.1, -0.05) is 42.5 Å². The number of nitrogens with zero attached hydrogens (tertiary/aromatic N) is 3. The molecule has 1 fully saturated rings. The van der Waals surface area contributed by atoms with E-state index < -0.39 is 6.04 Å². The van der Waals surface area contributed by atoms with E-state index in [-0.39, 0.29) is 11.8 Å². The van der Waals surface area contributed by atoms with E-state index in [4.69, 9.17) is 0 Å². The van der Waals surface area contributed by atoms with Crippen LogP contribution in [-0.2, 0) is 11.2 Å². The quantitative estimate of drug-likeness (QED) is 0.436. The number of benzene rings is 2. The summed E-state index contributed by atoms with van der Waals surface area (Å²) in [5, 5.41) is 4.04. The van der Waals surface area contributed by atoms with Gasteiger partial charge in [-0.3, -0.25) is 19.5 Å². The van der Waals surface area contributed by atoms with Crippen molar-refractivity contribution >= 4 is 22.7 Å². The fourth-order valence-electron chi connectivity index (χ4n) is 4.54. The highest BCUT2D eigenvalue weighted by Crippen LogP contribution is 2.20. The Balaban J connectivity index is 1.25. The minimum absolute atomic E-state index is 0.0718. The maximum atomic E-state index is 13.6. The van der Waals surface area contributed by atoms with Crippen molar-refractivity contribution in [3.8, 4) is 0 Å². The SMILES string of the molecule is O=C(N[C@@H](C(=O)N1CCN(CCc2cccnc2)CC1)c1ccccc1)c1ccc2cc[nH]c2c1. The van der Waals surface area contributed by atoms with Crippen molar-refractivity contribution in [3.05, 3.63) is 102 Å². The van der Waals surface area contributed by atoms with E-state index in [9.17, 15) is 9.59 Å². The van der Waals surface area contributed by atoms with Crippen molar-refractivity contribution < 1.29 is 9.59 Å². The minimum Gasteiger partial charge on any atom is -0.361 e. The van der Waals surface area contributed by atoms with Gasteiger partial charge in [0, 0.05) is 62.4 Å². The number of aromatic amines is 1. The lowest BCUT2D eigenvalue weighted by molar-refractivity contribution is -0.135. The third kappa shape index (κ3) is 5.41. The molecule has 35 heavy (non-hydrogen) atoms. The molecule has 5 rings (SSSR count). The number of rotatable bonds is 7. The predicted molar refractivity (Wildman–Crippen MR) is 136 cm³/mol. The molecule has 0 unspecified atom stereocenters. The summed E-state index contributed by atoms with van der Waals surface area (Å²) in [5.41, 5.74) is 3.41. The summed E-state index contributed by atoms with van der Waals surface area (Å²) >= 11 is 0. The number of pyridine rings is 1. The van der Waals surface area contributed by atoms with Crippen LogP contribution in [-0.4, -0.2) is 64.3 Å². The zero-order valence-electron chi connectivity index (χ0n) is 19.6. The van der Waals surface area contributed by atoms with Crippen molar-refractivity contribution in [1.29, 1.82) is 0 Å². The second-order valence-electron chi connectivity index (χ2n) is 8.88. The summed E-state index contributed by atoms with van der Waals surface area (Å²) in [6, 6.07) is 20.3. The number of amides is 2. The van der Waals surface area contributed by atoms with E-state index in [1.165, 1.54) is 5.56 Å². The zero-order chi connectivity index (χ0) is 24.0. The highest BCUT2D eigenvalue weighted by atomic mass is 16.2. The first-order valence-corrected chi connectivity index (χ1v) is 12.0. The van der Waals surface area contributed by atoms with Gasteiger partial charge in [0.1, 0.15) is 6.04 Å². The molecule has 0 bridgehead atoms. The summed E-state index contributed by atoms with van der Waals surface area (Å²) in [7, 11) is 0. The normalized spacial score (nSPS) is 15.1. The molecular weight excluding hydrogens is 438 g/mol. The van der Waals surface area contributed by atoms with Gasteiger partial charge in [-0.15, -0.1) is 0 Å². The van der Waals surface area contributed by atoms with E-state index in [0.29, 0.717) is 18.7 Å². The molecule has 7 nitrogen and oxygen atoms in total. The van der Waals surface area contributed by atoms with Crippen LogP contribution >= 0.6 is 0 Å². The monoisotopic (exact) mass is 467 g/mol. The first kappa shape index (κ1) is 22.8. The Labute approximate surface area is 204 Å². The number of hydrogen-bond acceptors (Lipinski definition) is 4. The molecule has 1 aliphatic heterocycles. The van der Waals surface area contributed by atoms with Crippen LogP contribution in [0, 0.1) is 0 Å². The van der Waals surface area contributed by atoms with Crippen molar-refractivity contribution in [2.24, 2.45) is 0 Å². The van der Waals surface area contributed by atoms with Gasteiger partial charge in [-0.05, 0) is 47.2 Å². The largest absolute Gasteiger partial charge is 0.361 e.